The van der Waals surface area contributed by atoms with Crippen molar-refractivity contribution in [3.8, 4) is 0 Å². The normalized spacial score (nSPS) is 19.9. The minimum Gasteiger partial charge on any atom is -0.394 e. The van der Waals surface area contributed by atoms with E-state index in [2.05, 4.69) is 11.4 Å². The van der Waals surface area contributed by atoms with Gasteiger partial charge in [0.05, 0.1) is 6.61 Å². The maximum absolute atomic E-state index is 9.27. The number of fused-ring (bicyclic) bond motifs is 1. The second-order valence-electron chi connectivity index (χ2n) is 5.12. The Labute approximate surface area is 102 Å². The second-order valence-corrected chi connectivity index (χ2v) is 5.56. The maximum atomic E-state index is 9.27. The van der Waals surface area contributed by atoms with Gasteiger partial charge in [-0.15, -0.1) is 0 Å². The van der Waals surface area contributed by atoms with Crippen molar-refractivity contribution in [2.45, 2.75) is 38.3 Å². The molecule has 0 spiro atoms. The average molecular weight is 240 g/mol. The van der Waals surface area contributed by atoms with Crippen LogP contribution in [-0.2, 0) is 6.42 Å². The molecule has 1 aliphatic rings. The molecule has 2 nitrogen and oxygen atoms in total. The smallest absolute Gasteiger partial charge is 0.0608 e. The fourth-order valence-corrected chi connectivity index (χ4v) is 2.42. The number of aliphatic hydroxyl groups is 1. The van der Waals surface area contributed by atoms with E-state index in [1.807, 2.05) is 26.0 Å². The molecule has 1 aliphatic carbocycles. The van der Waals surface area contributed by atoms with Crippen LogP contribution in [0.15, 0.2) is 18.2 Å². The van der Waals surface area contributed by atoms with E-state index in [1.165, 1.54) is 11.1 Å². The van der Waals surface area contributed by atoms with Gasteiger partial charge in [-0.3, -0.25) is 0 Å². The van der Waals surface area contributed by atoms with E-state index in [0.29, 0.717) is 6.04 Å². The molecule has 0 aliphatic heterocycles. The molecule has 2 rings (SSSR count). The molecule has 0 amide bonds. The quantitative estimate of drug-likeness (QED) is 0.850. The first-order chi connectivity index (χ1) is 7.52. The predicted octanol–water partition coefficient (Wildman–Crippen LogP) is 2.69. The Hall–Kier alpha value is -0.570. The van der Waals surface area contributed by atoms with E-state index in [9.17, 15) is 5.11 Å². The zero-order valence-electron chi connectivity index (χ0n) is 9.76. The molecule has 0 fully saturated rings. The van der Waals surface area contributed by atoms with Gasteiger partial charge in [0.1, 0.15) is 0 Å². The summed E-state index contributed by atoms with van der Waals surface area (Å²) in [7, 11) is 0. The third-order valence-corrected chi connectivity index (χ3v) is 3.38. The van der Waals surface area contributed by atoms with E-state index in [4.69, 9.17) is 11.6 Å². The van der Waals surface area contributed by atoms with Gasteiger partial charge in [-0.05, 0) is 49.9 Å². The van der Waals surface area contributed by atoms with Crippen LogP contribution in [0.4, 0.5) is 0 Å². The van der Waals surface area contributed by atoms with Crippen LogP contribution in [0.25, 0.3) is 0 Å². The topological polar surface area (TPSA) is 32.3 Å². The number of halogens is 1. The Morgan fingerprint density at radius 1 is 1.50 bits per heavy atom. The largest absolute Gasteiger partial charge is 0.394 e. The molecule has 0 saturated heterocycles. The van der Waals surface area contributed by atoms with Crippen molar-refractivity contribution in [3.05, 3.63) is 34.3 Å². The van der Waals surface area contributed by atoms with Crippen molar-refractivity contribution >= 4 is 11.6 Å². The molecule has 2 N–H and O–H groups in total. The zero-order chi connectivity index (χ0) is 11.8. The number of aryl methyl sites for hydroxylation is 1. The highest BCUT2D eigenvalue weighted by molar-refractivity contribution is 6.30. The van der Waals surface area contributed by atoms with Crippen LogP contribution in [0.5, 0.6) is 0 Å². The Morgan fingerprint density at radius 2 is 2.25 bits per heavy atom. The number of nitrogens with one attached hydrogen (secondary N) is 1. The van der Waals surface area contributed by atoms with Crippen LogP contribution < -0.4 is 5.32 Å². The molecule has 1 unspecified atom stereocenters. The third-order valence-electron chi connectivity index (χ3n) is 3.15. The van der Waals surface area contributed by atoms with E-state index in [1.54, 1.807) is 0 Å². The number of hydrogen-bond donors (Lipinski definition) is 2. The lowest BCUT2D eigenvalue weighted by Gasteiger charge is -2.28. The predicted molar refractivity (Wildman–Crippen MR) is 66.8 cm³/mol. The molecule has 0 bridgehead atoms. The van der Waals surface area contributed by atoms with Gasteiger partial charge >= 0.3 is 0 Å². The Balaban J connectivity index is 2.20. The molecule has 1 aromatic carbocycles. The van der Waals surface area contributed by atoms with Gasteiger partial charge in [0, 0.05) is 16.6 Å². The van der Waals surface area contributed by atoms with Crippen molar-refractivity contribution in [2.24, 2.45) is 0 Å². The summed E-state index contributed by atoms with van der Waals surface area (Å²) in [6.45, 7) is 4.16. The molecule has 0 radical (unpaired) electrons. The molecule has 0 saturated carbocycles. The first-order valence-electron chi connectivity index (χ1n) is 5.69. The van der Waals surface area contributed by atoms with Gasteiger partial charge in [-0.1, -0.05) is 17.7 Å². The average Bonchev–Trinajstić information content (AvgIpc) is 2.61. The lowest BCUT2D eigenvalue weighted by molar-refractivity contribution is 0.175. The standard InChI is InChI=1S/C13H18ClNO/c1-13(2,8-16)15-12-6-4-9-3-5-10(14)7-11(9)12/h3,5,7,12,15-16H,4,6,8H2,1-2H3. The summed E-state index contributed by atoms with van der Waals surface area (Å²) in [5.74, 6) is 0. The van der Waals surface area contributed by atoms with Gasteiger partial charge in [0.25, 0.3) is 0 Å². The first kappa shape index (κ1) is 11.9. The third kappa shape index (κ3) is 2.40. The van der Waals surface area contributed by atoms with Gasteiger partial charge in [-0.2, -0.15) is 0 Å². The van der Waals surface area contributed by atoms with Crippen molar-refractivity contribution in [1.82, 2.24) is 5.32 Å². The van der Waals surface area contributed by atoms with Gasteiger partial charge in [0.15, 0.2) is 0 Å². The van der Waals surface area contributed by atoms with Crippen molar-refractivity contribution in [1.29, 1.82) is 0 Å². The van der Waals surface area contributed by atoms with Crippen LogP contribution in [-0.4, -0.2) is 17.3 Å². The highest BCUT2D eigenvalue weighted by Gasteiger charge is 2.27. The van der Waals surface area contributed by atoms with Crippen LogP contribution in [0, 0.1) is 0 Å². The van der Waals surface area contributed by atoms with Crippen molar-refractivity contribution in [3.63, 3.8) is 0 Å². The molecule has 16 heavy (non-hydrogen) atoms. The minimum absolute atomic E-state index is 0.138. The van der Waals surface area contributed by atoms with E-state index < -0.39 is 0 Å². The van der Waals surface area contributed by atoms with Crippen LogP contribution in [0.1, 0.15) is 37.4 Å². The molecule has 0 aromatic heterocycles. The lowest BCUT2D eigenvalue weighted by atomic mass is 10.0. The lowest BCUT2D eigenvalue weighted by Crippen LogP contribution is -2.44. The zero-order valence-corrected chi connectivity index (χ0v) is 10.5. The molecule has 0 heterocycles. The molecular formula is C13H18ClNO. The number of rotatable bonds is 3. The fourth-order valence-electron chi connectivity index (χ4n) is 2.24. The SMILES string of the molecule is CC(C)(CO)NC1CCc2ccc(Cl)cc21. The summed E-state index contributed by atoms with van der Waals surface area (Å²) in [4.78, 5) is 0. The summed E-state index contributed by atoms with van der Waals surface area (Å²) in [5, 5.41) is 13.5. The van der Waals surface area contributed by atoms with E-state index >= 15 is 0 Å². The highest BCUT2D eigenvalue weighted by atomic mass is 35.5. The number of benzene rings is 1. The molecule has 1 atom stereocenters. The van der Waals surface area contributed by atoms with Crippen LogP contribution in [0.3, 0.4) is 0 Å². The molecule has 3 heteroatoms. The van der Waals surface area contributed by atoms with E-state index in [0.717, 1.165) is 17.9 Å². The summed E-state index contributed by atoms with van der Waals surface area (Å²) in [5.41, 5.74) is 2.42. The Morgan fingerprint density at radius 3 is 2.94 bits per heavy atom. The monoisotopic (exact) mass is 239 g/mol. The highest BCUT2D eigenvalue weighted by Crippen LogP contribution is 2.34. The van der Waals surface area contributed by atoms with Crippen LogP contribution >= 0.6 is 11.6 Å². The fraction of sp³-hybridized carbons (Fsp3) is 0.538. The maximum Gasteiger partial charge on any atom is 0.0608 e. The number of hydrogen-bond acceptors (Lipinski definition) is 2. The second kappa shape index (κ2) is 4.36. The Bertz CT molecular complexity index is 390. The Kier molecular flexibility index (Phi) is 3.24. The number of aliphatic hydroxyl groups excluding tert-OH is 1. The van der Waals surface area contributed by atoms with Crippen molar-refractivity contribution in [2.75, 3.05) is 6.61 Å². The first-order valence-corrected chi connectivity index (χ1v) is 6.06. The van der Waals surface area contributed by atoms with Gasteiger partial charge in [-0.25, -0.2) is 0 Å². The van der Waals surface area contributed by atoms with Gasteiger partial charge in [0.2, 0.25) is 0 Å². The van der Waals surface area contributed by atoms with Gasteiger partial charge < -0.3 is 10.4 Å². The molecule has 1 aromatic rings. The molecule has 88 valence electrons. The summed E-state index contributed by atoms with van der Waals surface area (Å²) in [6, 6.07) is 6.40. The molecular weight excluding hydrogens is 222 g/mol. The summed E-state index contributed by atoms with van der Waals surface area (Å²) >= 11 is 6.02. The van der Waals surface area contributed by atoms with Crippen molar-refractivity contribution < 1.29 is 5.11 Å². The van der Waals surface area contributed by atoms with E-state index in [-0.39, 0.29) is 12.1 Å². The van der Waals surface area contributed by atoms with Crippen LogP contribution in [0.2, 0.25) is 5.02 Å². The summed E-state index contributed by atoms with van der Waals surface area (Å²) in [6.07, 6.45) is 2.17. The summed E-state index contributed by atoms with van der Waals surface area (Å²) < 4.78 is 0. The minimum atomic E-state index is -0.241.